The number of nitrogens with two attached hydrogens (primary N) is 1. The summed E-state index contributed by atoms with van der Waals surface area (Å²) in [6, 6.07) is 0. The minimum Gasteiger partial charge on any atom is -0.330 e. The molecule has 0 saturated heterocycles. The fraction of sp³-hybridized carbons (Fsp3) is 0.846. The predicted molar refractivity (Wildman–Crippen MR) is 68.8 cm³/mol. The lowest BCUT2D eigenvalue weighted by Crippen LogP contribution is -2.06. The third-order valence-electron chi connectivity index (χ3n) is 3.67. The van der Waals surface area contributed by atoms with Crippen LogP contribution in [0.5, 0.6) is 0 Å². The van der Waals surface area contributed by atoms with E-state index in [1.54, 1.807) is 0 Å². The fourth-order valence-electron chi connectivity index (χ4n) is 2.61. The highest BCUT2D eigenvalue weighted by molar-refractivity contribution is 5.02. The highest BCUT2D eigenvalue weighted by Crippen LogP contribution is 2.29. The summed E-state index contributed by atoms with van der Waals surface area (Å²) >= 11 is 0. The van der Waals surface area contributed by atoms with Crippen LogP contribution in [0.4, 0.5) is 0 Å². The summed E-state index contributed by atoms with van der Waals surface area (Å²) in [7, 11) is 0. The maximum Gasteiger partial charge on any atom is 0.0857 e. The van der Waals surface area contributed by atoms with E-state index >= 15 is 0 Å². The summed E-state index contributed by atoms with van der Waals surface area (Å²) in [5, 5.41) is 8.53. The summed E-state index contributed by atoms with van der Waals surface area (Å²) < 4.78 is 1.95. The van der Waals surface area contributed by atoms with E-state index in [0.717, 1.165) is 19.5 Å². The van der Waals surface area contributed by atoms with Gasteiger partial charge in [0.25, 0.3) is 0 Å². The zero-order valence-electron chi connectivity index (χ0n) is 10.6. The van der Waals surface area contributed by atoms with Gasteiger partial charge in [0.15, 0.2) is 0 Å². The molecule has 1 aromatic heterocycles. The van der Waals surface area contributed by atoms with E-state index in [1.807, 2.05) is 4.68 Å². The van der Waals surface area contributed by atoms with E-state index in [9.17, 15) is 0 Å². The first kappa shape index (κ1) is 12.6. The molecule has 4 nitrogen and oxygen atoms in total. The molecule has 4 heteroatoms. The molecule has 0 aliphatic heterocycles. The molecule has 0 bridgehead atoms. The second-order valence-electron chi connectivity index (χ2n) is 5.09. The lowest BCUT2D eigenvalue weighted by molar-refractivity contribution is 0.449. The second-order valence-corrected chi connectivity index (χ2v) is 5.09. The van der Waals surface area contributed by atoms with Gasteiger partial charge in [-0.15, -0.1) is 5.10 Å². The van der Waals surface area contributed by atoms with Crippen molar-refractivity contribution in [1.29, 1.82) is 0 Å². The second kappa shape index (κ2) is 6.74. The molecular formula is C13H24N4. The van der Waals surface area contributed by atoms with Crippen LogP contribution >= 0.6 is 0 Å². The molecule has 0 radical (unpaired) electrons. The van der Waals surface area contributed by atoms with Gasteiger partial charge in [-0.1, -0.05) is 37.3 Å². The Balaban J connectivity index is 1.92. The van der Waals surface area contributed by atoms with E-state index in [4.69, 9.17) is 5.73 Å². The Hall–Kier alpha value is -0.900. The lowest BCUT2D eigenvalue weighted by atomic mass is 9.89. The first-order valence-corrected chi connectivity index (χ1v) is 7.00. The smallest absolute Gasteiger partial charge is 0.0857 e. The molecule has 0 atom stereocenters. The minimum absolute atomic E-state index is 0.641. The van der Waals surface area contributed by atoms with Crippen molar-refractivity contribution >= 4 is 0 Å². The van der Waals surface area contributed by atoms with Crippen LogP contribution in [-0.4, -0.2) is 21.5 Å². The van der Waals surface area contributed by atoms with Gasteiger partial charge < -0.3 is 5.73 Å². The molecule has 2 N–H and O–H groups in total. The summed E-state index contributed by atoms with van der Waals surface area (Å²) in [5.74, 6) is 0.641. The van der Waals surface area contributed by atoms with Crippen LogP contribution in [0.15, 0.2) is 6.20 Å². The highest BCUT2D eigenvalue weighted by atomic mass is 15.4. The van der Waals surface area contributed by atoms with Crippen molar-refractivity contribution in [3.63, 3.8) is 0 Å². The number of rotatable bonds is 4. The molecular weight excluding hydrogens is 212 g/mol. The van der Waals surface area contributed by atoms with Crippen LogP contribution < -0.4 is 5.73 Å². The Kier molecular flexibility index (Phi) is 4.98. The van der Waals surface area contributed by atoms with Crippen molar-refractivity contribution in [3.8, 4) is 0 Å². The standard InChI is InChI=1S/C13H24N4/c14-9-6-10-17-11-13(15-16-17)12-7-4-2-1-3-5-8-12/h11-12H,1-10,14H2. The van der Waals surface area contributed by atoms with Crippen LogP contribution in [0.25, 0.3) is 0 Å². The van der Waals surface area contributed by atoms with Gasteiger partial charge in [0, 0.05) is 18.7 Å². The van der Waals surface area contributed by atoms with Crippen LogP contribution in [0.3, 0.4) is 0 Å². The minimum atomic E-state index is 0.641. The first-order valence-electron chi connectivity index (χ1n) is 7.00. The molecule has 2 rings (SSSR count). The van der Waals surface area contributed by atoms with Gasteiger partial charge in [-0.25, -0.2) is 0 Å². The summed E-state index contributed by atoms with van der Waals surface area (Å²) in [4.78, 5) is 0. The van der Waals surface area contributed by atoms with Gasteiger partial charge in [-0.2, -0.15) is 0 Å². The summed E-state index contributed by atoms with van der Waals surface area (Å²) in [5.41, 5.74) is 6.70. The average Bonchev–Trinajstić information content (AvgIpc) is 2.74. The normalized spacial score (nSPS) is 18.9. The van der Waals surface area contributed by atoms with Gasteiger partial charge in [0.05, 0.1) is 5.69 Å². The van der Waals surface area contributed by atoms with Crippen molar-refractivity contribution in [3.05, 3.63) is 11.9 Å². The largest absolute Gasteiger partial charge is 0.330 e. The molecule has 0 unspecified atom stereocenters. The molecule has 1 saturated carbocycles. The van der Waals surface area contributed by atoms with Crippen molar-refractivity contribution in [1.82, 2.24) is 15.0 Å². The molecule has 1 aromatic rings. The zero-order valence-corrected chi connectivity index (χ0v) is 10.6. The number of hydrogen-bond donors (Lipinski definition) is 1. The third-order valence-corrected chi connectivity index (χ3v) is 3.67. The Labute approximate surface area is 104 Å². The average molecular weight is 236 g/mol. The summed E-state index contributed by atoms with van der Waals surface area (Å²) in [6.45, 7) is 1.62. The molecule has 0 aromatic carbocycles. The quantitative estimate of drug-likeness (QED) is 0.873. The van der Waals surface area contributed by atoms with Crippen LogP contribution in [0.1, 0.15) is 63.0 Å². The number of aryl methyl sites for hydroxylation is 1. The Morgan fingerprint density at radius 2 is 1.88 bits per heavy atom. The van der Waals surface area contributed by atoms with Crippen molar-refractivity contribution in [2.24, 2.45) is 5.73 Å². The van der Waals surface area contributed by atoms with Crippen LogP contribution in [0.2, 0.25) is 0 Å². The lowest BCUT2D eigenvalue weighted by Gasteiger charge is -2.16. The maximum absolute atomic E-state index is 5.50. The Morgan fingerprint density at radius 3 is 2.59 bits per heavy atom. The van der Waals surface area contributed by atoms with Crippen molar-refractivity contribution in [2.45, 2.75) is 63.8 Å². The van der Waals surface area contributed by atoms with Gasteiger partial charge >= 0.3 is 0 Å². The molecule has 0 spiro atoms. The van der Waals surface area contributed by atoms with E-state index in [2.05, 4.69) is 16.5 Å². The van der Waals surface area contributed by atoms with Crippen molar-refractivity contribution in [2.75, 3.05) is 6.54 Å². The van der Waals surface area contributed by atoms with Gasteiger partial charge in [0.1, 0.15) is 0 Å². The molecule has 0 amide bonds. The predicted octanol–water partition coefficient (Wildman–Crippen LogP) is 2.45. The van der Waals surface area contributed by atoms with Crippen LogP contribution in [-0.2, 0) is 6.54 Å². The van der Waals surface area contributed by atoms with E-state index < -0.39 is 0 Å². The van der Waals surface area contributed by atoms with E-state index in [1.165, 1.54) is 50.6 Å². The first-order chi connectivity index (χ1) is 8.40. The van der Waals surface area contributed by atoms with Crippen LogP contribution in [0, 0.1) is 0 Å². The fourth-order valence-corrected chi connectivity index (χ4v) is 2.61. The monoisotopic (exact) mass is 236 g/mol. The SMILES string of the molecule is NCCCn1cc(C2CCCCCCC2)nn1. The molecule has 17 heavy (non-hydrogen) atoms. The summed E-state index contributed by atoms with van der Waals surface area (Å²) in [6.07, 6.45) is 12.6. The Morgan fingerprint density at radius 1 is 1.18 bits per heavy atom. The maximum atomic E-state index is 5.50. The Bertz CT molecular complexity index is 313. The van der Waals surface area contributed by atoms with Crippen molar-refractivity contribution < 1.29 is 0 Å². The van der Waals surface area contributed by atoms with Gasteiger partial charge in [0.2, 0.25) is 0 Å². The van der Waals surface area contributed by atoms with E-state index in [0.29, 0.717) is 5.92 Å². The molecule has 1 fully saturated rings. The molecule has 96 valence electrons. The van der Waals surface area contributed by atoms with Gasteiger partial charge in [-0.3, -0.25) is 4.68 Å². The number of hydrogen-bond acceptors (Lipinski definition) is 3. The highest BCUT2D eigenvalue weighted by Gasteiger charge is 2.16. The van der Waals surface area contributed by atoms with E-state index in [-0.39, 0.29) is 0 Å². The third kappa shape index (κ3) is 3.80. The zero-order chi connectivity index (χ0) is 11.9. The molecule has 1 aliphatic carbocycles. The number of aromatic nitrogens is 3. The van der Waals surface area contributed by atoms with Gasteiger partial charge in [-0.05, 0) is 25.8 Å². The molecule has 1 aliphatic rings. The molecule has 1 heterocycles. The number of nitrogens with zero attached hydrogens (tertiary/aromatic N) is 3. The topological polar surface area (TPSA) is 56.7 Å².